The molecular formula is C29H33F2N3O. The quantitative estimate of drug-likeness (QED) is 0.420. The first-order valence-corrected chi connectivity index (χ1v) is 12.8. The maximum Gasteiger partial charge on any atom is 0.135 e. The second-order valence-corrected chi connectivity index (χ2v) is 9.86. The zero-order valence-corrected chi connectivity index (χ0v) is 20.5. The van der Waals surface area contributed by atoms with Crippen molar-refractivity contribution in [2.45, 2.75) is 63.5 Å². The van der Waals surface area contributed by atoms with Gasteiger partial charge in [-0.3, -0.25) is 4.90 Å². The Bertz CT molecular complexity index is 1150. The molecule has 0 unspecified atom stereocenters. The number of nitrogens with zero attached hydrogens (tertiary/aromatic N) is 3. The minimum atomic E-state index is -0.614. The molecule has 0 spiro atoms. The number of benzene rings is 2. The first kappa shape index (κ1) is 24.0. The number of halogens is 2. The SMILES string of the molecule is CC[C@H]1CC[C@](CC)([C@H]2CN(Cc3ccccc3)CCO2)c2nnc(-c3c(F)cccc3F)cc21. The van der Waals surface area contributed by atoms with Crippen LogP contribution in [0.4, 0.5) is 8.78 Å². The number of rotatable bonds is 6. The number of morpholine rings is 1. The molecule has 0 N–H and O–H groups in total. The Morgan fingerprint density at radius 3 is 2.51 bits per heavy atom. The second-order valence-electron chi connectivity index (χ2n) is 9.86. The summed E-state index contributed by atoms with van der Waals surface area (Å²) in [4.78, 5) is 2.46. The molecule has 2 heterocycles. The molecule has 184 valence electrons. The molecule has 1 aliphatic carbocycles. The van der Waals surface area contributed by atoms with E-state index in [-0.39, 0.29) is 28.7 Å². The van der Waals surface area contributed by atoms with E-state index in [0.29, 0.717) is 6.61 Å². The molecule has 1 aliphatic heterocycles. The Hall–Kier alpha value is -2.70. The normalized spacial score (nSPS) is 24.8. The highest BCUT2D eigenvalue weighted by Gasteiger charge is 2.48. The summed E-state index contributed by atoms with van der Waals surface area (Å²) < 4.78 is 35.5. The monoisotopic (exact) mass is 477 g/mol. The fourth-order valence-corrected chi connectivity index (χ4v) is 6.01. The van der Waals surface area contributed by atoms with Crippen LogP contribution in [0.15, 0.2) is 54.6 Å². The first-order chi connectivity index (χ1) is 17.1. The molecule has 3 aromatic rings. The average molecular weight is 478 g/mol. The lowest BCUT2D eigenvalue weighted by molar-refractivity contribution is -0.0796. The highest BCUT2D eigenvalue weighted by molar-refractivity contribution is 5.62. The third-order valence-corrected chi connectivity index (χ3v) is 8.03. The van der Waals surface area contributed by atoms with Crippen molar-refractivity contribution in [2.24, 2.45) is 0 Å². The van der Waals surface area contributed by atoms with Gasteiger partial charge in [0, 0.05) is 25.0 Å². The maximum absolute atomic E-state index is 14.5. The van der Waals surface area contributed by atoms with Gasteiger partial charge in [0.15, 0.2) is 0 Å². The predicted molar refractivity (Wildman–Crippen MR) is 133 cm³/mol. The van der Waals surface area contributed by atoms with Gasteiger partial charge in [0.2, 0.25) is 0 Å². The minimum Gasteiger partial charge on any atom is -0.375 e. The van der Waals surface area contributed by atoms with E-state index in [0.717, 1.165) is 56.6 Å². The lowest BCUT2D eigenvalue weighted by Gasteiger charge is -2.48. The van der Waals surface area contributed by atoms with E-state index in [1.807, 2.05) is 12.1 Å². The lowest BCUT2D eigenvalue weighted by Crippen LogP contribution is -2.54. The fourth-order valence-electron chi connectivity index (χ4n) is 6.01. The minimum absolute atomic E-state index is 0.00753. The largest absolute Gasteiger partial charge is 0.375 e. The van der Waals surface area contributed by atoms with Crippen LogP contribution < -0.4 is 0 Å². The summed E-state index contributed by atoms with van der Waals surface area (Å²) >= 11 is 0. The molecule has 0 radical (unpaired) electrons. The molecule has 2 aliphatic rings. The Balaban J connectivity index is 1.51. The number of hydrogen-bond acceptors (Lipinski definition) is 4. The van der Waals surface area contributed by atoms with Gasteiger partial charge < -0.3 is 4.74 Å². The van der Waals surface area contributed by atoms with Gasteiger partial charge in [-0.05, 0) is 60.9 Å². The van der Waals surface area contributed by atoms with E-state index in [4.69, 9.17) is 9.84 Å². The zero-order valence-electron chi connectivity index (χ0n) is 20.5. The Morgan fingerprint density at radius 1 is 1.03 bits per heavy atom. The van der Waals surface area contributed by atoms with Crippen molar-refractivity contribution >= 4 is 0 Å². The Labute approximate surface area is 206 Å². The van der Waals surface area contributed by atoms with Crippen molar-refractivity contribution in [1.82, 2.24) is 15.1 Å². The highest BCUT2D eigenvalue weighted by Crippen LogP contribution is 2.49. The third-order valence-electron chi connectivity index (χ3n) is 8.03. The van der Waals surface area contributed by atoms with Crippen molar-refractivity contribution in [3.05, 3.63) is 83.1 Å². The van der Waals surface area contributed by atoms with Crippen LogP contribution in [0.5, 0.6) is 0 Å². The van der Waals surface area contributed by atoms with Crippen LogP contribution in [0, 0.1) is 11.6 Å². The van der Waals surface area contributed by atoms with Gasteiger partial charge in [-0.25, -0.2) is 8.78 Å². The van der Waals surface area contributed by atoms with Crippen LogP contribution >= 0.6 is 0 Å². The predicted octanol–water partition coefficient (Wildman–Crippen LogP) is 6.26. The first-order valence-electron chi connectivity index (χ1n) is 12.8. The van der Waals surface area contributed by atoms with Crippen molar-refractivity contribution in [2.75, 3.05) is 19.7 Å². The summed E-state index contributed by atoms with van der Waals surface area (Å²) in [5.74, 6) is -0.938. The molecule has 0 bridgehead atoms. The van der Waals surface area contributed by atoms with Crippen molar-refractivity contribution < 1.29 is 13.5 Å². The summed E-state index contributed by atoms with van der Waals surface area (Å²) in [5.41, 5.74) is 3.20. The number of fused-ring (bicyclic) bond motifs is 1. The van der Waals surface area contributed by atoms with Gasteiger partial charge in [0.05, 0.1) is 29.7 Å². The van der Waals surface area contributed by atoms with Crippen molar-refractivity contribution in [3.8, 4) is 11.3 Å². The van der Waals surface area contributed by atoms with Crippen LogP contribution in [-0.2, 0) is 16.7 Å². The van der Waals surface area contributed by atoms with E-state index in [1.165, 1.54) is 23.8 Å². The Kier molecular flexibility index (Phi) is 6.94. The lowest BCUT2D eigenvalue weighted by atomic mass is 9.64. The van der Waals surface area contributed by atoms with E-state index >= 15 is 0 Å². The second kappa shape index (κ2) is 10.1. The molecule has 1 saturated heterocycles. The van der Waals surface area contributed by atoms with Crippen molar-refractivity contribution in [3.63, 3.8) is 0 Å². The molecule has 35 heavy (non-hydrogen) atoms. The number of aromatic nitrogens is 2. The average Bonchev–Trinajstić information content (AvgIpc) is 2.88. The smallest absolute Gasteiger partial charge is 0.135 e. The molecule has 0 saturated carbocycles. The topological polar surface area (TPSA) is 38.2 Å². The van der Waals surface area contributed by atoms with Crippen molar-refractivity contribution in [1.29, 1.82) is 0 Å². The Morgan fingerprint density at radius 2 is 1.80 bits per heavy atom. The standard InChI is InChI=1S/C29H33F2N3O/c1-3-21-13-14-29(4-2,26-19-34(15-16-35-26)18-20-9-6-5-7-10-20)28-22(21)17-25(32-33-28)27-23(30)11-8-12-24(27)31/h5-12,17,21,26H,3-4,13-16,18-19H2,1-2H3/t21-,26+,29+/m0/s1. The van der Waals surface area contributed by atoms with E-state index in [1.54, 1.807) is 0 Å². The number of ether oxygens (including phenoxy) is 1. The summed E-state index contributed by atoms with van der Waals surface area (Å²) in [6.07, 6.45) is 3.79. The van der Waals surface area contributed by atoms with Crippen LogP contribution in [0.1, 0.15) is 62.3 Å². The summed E-state index contributed by atoms with van der Waals surface area (Å²) in [7, 11) is 0. The van der Waals surface area contributed by atoms with Crippen LogP contribution in [0.2, 0.25) is 0 Å². The van der Waals surface area contributed by atoms with E-state index in [9.17, 15) is 8.78 Å². The molecule has 5 rings (SSSR count). The fraction of sp³-hybridized carbons (Fsp3) is 0.448. The zero-order chi connectivity index (χ0) is 24.4. The van der Waals surface area contributed by atoms with Gasteiger partial charge >= 0.3 is 0 Å². The molecule has 0 amide bonds. The van der Waals surface area contributed by atoms with Gasteiger partial charge in [-0.15, -0.1) is 0 Å². The molecule has 2 aromatic carbocycles. The van der Waals surface area contributed by atoms with Gasteiger partial charge in [0.25, 0.3) is 0 Å². The highest BCUT2D eigenvalue weighted by atomic mass is 19.1. The van der Waals surface area contributed by atoms with Crippen LogP contribution in [0.3, 0.4) is 0 Å². The van der Waals surface area contributed by atoms with Crippen LogP contribution in [0.25, 0.3) is 11.3 Å². The van der Waals surface area contributed by atoms with E-state index in [2.05, 4.69) is 48.1 Å². The number of hydrogen-bond donors (Lipinski definition) is 0. The maximum atomic E-state index is 14.5. The molecule has 1 fully saturated rings. The molecular weight excluding hydrogens is 444 g/mol. The van der Waals surface area contributed by atoms with Crippen LogP contribution in [-0.4, -0.2) is 40.9 Å². The summed E-state index contributed by atoms with van der Waals surface area (Å²) in [6, 6.07) is 16.3. The van der Waals surface area contributed by atoms with E-state index < -0.39 is 11.6 Å². The summed E-state index contributed by atoms with van der Waals surface area (Å²) in [6.45, 7) is 7.65. The third kappa shape index (κ3) is 4.50. The van der Waals surface area contributed by atoms with Gasteiger partial charge in [0.1, 0.15) is 11.6 Å². The van der Waals surface area contributed by atoms with Gasteiger partial charge in [-0.2, -0.15) is 10.2 Å². The molecule has 4 nitrogen and oxygen atoms in total. The van der Waals surface area contributed by atoms with Gasteiger partial charge in [-0.1, -0.05) is 50.2 Å². The summed E-state index contributed by atoms with van der Waals surface area (Å²) in [5, 5.41) is 9.08. The molecule has 1 aromatic heterocycles. The molecule has 3 atom stereocenters. The molecule has 6 heteroatoms.